The first-order valence-corrected chi connectivity index (χ1v) is 22.3. The molecule has 14 nitrogen and oxygen atoms in total. The van der Waals surface area contributed by atoms with E-state index in [9.17, 15) is 18.9 Å². The molecule has 0 bridgehead atoms. The Kier molecular flexibility index (Phi) is 12.3. The molecule has 300 valence electrons. The number of benzene rings is 3. The van der Waals surface area contributed by atoms with Crippen LogP contribution in [0.5, 0.6) is 5.75 Å². The maximum absolute atomic E-state index is 13.4. The number of piperidine rings is 2. The van der Waals surface area contributed by atoms with Crippen LogP contribution in [0.4, 0.5) is 34.5 Å². The largest absolute Gasteiger partial charge is 0.494 e. The zero-order valence-electron chi connectivity index (χ0n) is 32.5. The minimum Gasteiger partial charge on any atom is -0.494 e. The SMILES string of the molecule is COc1cc(N2CCN(C(=O)CN3CCC(c4ccc(NC5CCC(=O)NC5=O)cc4)CC3)CC2)ccc1Nc1ncc(Cl)c(Nc2ccccc2P(C)(C)=O)n1. The van der Waals surface area contributed by atoms with Crippen molar-refractivity contribution in [3.05, 3.63) is 83.5 Å². The number of ether oxygens (including phenoxy) is 1. The number of halogens is 1. The normalized spacial score (nSPS) is 18.2. The quantitative estimate of drug-likeness (QED) is 0.103. The molecular weight excluding hydrogens is 765 g/mol. The fraction of sp³-hybridized carbons (Fsp3) is 0.390. The molecule has 1 atom stereocenters. The average molecular weight is 814 g/mol. The van der Waals surface area contributed by atoms with Crippen LogP contribution in [0.15, 0.2) is 72.9 Å². The predicted octanol–water partition coefficient (Wildman–Crippen LogP) is 5.62. The van der Waals surface area contributed by atoms with Gasteiger partial charge in [0.1, 0.15) is 24.0 Å². The van der Waals surface area contributed by atoms with E-state index in [0.717, 1.165) is 37.3 Å². The van der Waals surface area contributed by atoms with E-state index >= 15 is 0 Å². The fourth-order valence-electron chi connectivity index (χ4n) is 7.61. The number of carbonyl (C=O) groups excluding carboxylic acids is 3. The molecular formula is C41H49ClN9O5P. The molecule has 0 radical (unpaired) electrons. The molecule has 4 aromatic rings. The van der Waals surface area contributed by atoms with Gasteiger partial charge in [-0.05, 0) is 93.6 Å². The van der Waals surface area contributed by atoms with Crippen LogP contribution in [0.2, 0.25) is 5.02 Å². The van der Waals surface area contributed by atoms with Crippen molar-refractivity contribution in [1.29, 1.82) is 0 Å². The molecule has 0 saturated carbocycles. The number of nitrogens with one attached hydrogen (secondary N) is 4. The maximum Gasteiger partial charge on any atom is 0.249 e. The second kappa shape index (κ2) is 17.5. The Morgan fingerprint density at radius 3 is 2.37 bits per heavy atom. The number of hydrogen-bond donors (Lipinski definition) is 4. The first-order valence-electron chi connectivity index (χ1n) is 19.3. The van der Waals surface area contributed by atoms with Crippen LogP contribution in [-0.2, 0) is 18.9 Å². The number of imide groups is 1. The van der Waals surface area contributed by atoms with Crippen molar-refractivity contribution in [1.82, 2.24) is 25.1 Å². The highest BCUT2D eigenvalue weighted by Crippen LogP contribution is 2.39. The second-order valence-electron chi connectivity index (χ2n) is 15.1. The number of anilines is 6. The minimum absolute atomic E-state index is 0.160. The van der Waals surface area contributed by atoms with Gasteiger partial charge in [0, 0.05) is 55.3 Å². The third-order valence-electron chi connectivity index (χ3n) is 10.8. The smallest absolute Gasteiger partial charge is 0.249 e. The number of rotatable bonds is 12. The number of piperazine rings is 1. The van der Waals surface area contributed by atoms with Gasteiger partial charge < -0.3 is 35.1 Å². The van der Waals surface area contributed by atoms with Gasteiger partial charge in [-0.1, -0.05) is 35.9 Å². The van der Waals surface area contributed by atoms with Gasteiger partial charge in [0.2, 0.25) is 23.7 Å². The second-order valence-corrected chi connectivity index (χ2v) is 18.7. The van der Waals surface area contributed by atoms with Gasteiger partial charge in [-0.2, -0.15) is 4.98 Å². The molecule has 3 fully saturated rings. The van der Waals surface area contributed by atoms with Gasteiger partial charge in [-0.15, -0.1) is 0 Å². The van der Waals surface area contributed by atoms with Gasteiger partial charge in [-0.3, -0.25) is 24.6 Å². The molecule has 7 rings (SSSR count). The van der Waals surface area contributed by atoms with Crippen LogP contribution in [0.25, 0.3) is 0 Å². The number of aromatic nitrogens is 2. The van der Waals surface area contributed by atoms with Crippen LogP contribution in [0, 0.1) is 0 Å². The van der Waals surface area contributed by atoms with E-state index in [4.69, 9.17) is 16.3 Å². The molecule has 0 spiro atoms. The van der Waals surface area contributed by atoms with Crippen LogP contribution in [-0.4, -0.2) is 110 Å². The summed E-state index contributed by atoms with van der Waals surface area (Å²) < 4.78 is 18.6. The van der Waals surface area contributed by atoms with Gasteiger partial charge in [-0.25, -0.2) is 4.98 Å². The van der Waals surface area contributed by atoms with Crippen molar-refractivity contribution in [2.75, 3.05) is 87.1 Å². The van der Waals surface area contributed by atoms with E-state index in [1.165, 1.54) is 11.8 Å². The Morgan fingerprint density at radius 2 is 1.67 bits per heavy atom. The van der Waals surface area contributed by atoms with E-state index in [1.54, 1.807) is 20.4 Å². The molecule has 1 unspecified atom stereocenters. The highest BCUT2D eigenvalue weighted by molar-refractivity contribution is 7.70. The van der Waals surface area contributed by atoms with E-state index < -0.39 is 13.2 Å². The van der Waals surface area contributed by atoms with E-state index in [0.29, 0.717) is 90.7 Å². The molecule has 3 aromatic carbocycles. The molecule has 0 aliphatic carbocycles. The maximum atomic E-state index is 13.4. The third-order valence-corrected chi connectivity index (χ3v) is 12.6. The molecule has 3 amide bonds. The lowest BCUT2D eigenvalue weighted by Gasteiger charge is -2.38. The van der Waals surface area contributed by atoms with Crippen molar-refractivity contribution >= 4 is 76.3 Å². The fourth-order valence-corrected chi connectivity index (χ4v) is 8.90. The number of methoxy groups -OCH3 is 1. The van der Waals surface area contributed by atoms with Crippen LogP contribution in [0.1, 0.15) is 37.2 Å². The van der Waals surface area contributed by atoms with E-state index in [-0.39, 0.29) is 17.7 Å². The van der Waals surface area contributed by atoms with Gasteiger partial charge in [0.25, 0.3) is 0 Å². The predicted molar refractivity (Wildman–Crippen MR) is 226 cm³/mol. The molecule has 16 heteroatoms. The Labute approximate surface area is 338 Å². The van der Waals surface area contributed by atoms with Crippen molar-refractivity contribution in [2.24, 2.45) is 0 Å². The Balaban J connectivity index is 0.880. The molecule has 4 N–H and O–H groups in total. The topological polar surface area (TPSA) is 161 Å². The van der Waals surface area contributed by atoms with E-state index in [2.05, 4.69) is 53.2 Å². The van der Waals surface area contributed by atoms with E-state index in [1.807, 2.05) is 59.5 Å². The zero-order chi connectivity index (χ0) is 40.1. The number of amides is 3. The lowest BCUT2D eigenvalue weighted by molar-refractivity contribution is -0.134. The van der Waals surface area contributed by atoms with Crippen molar-refractivity contribution < 1.29 is 23.7 Å². The molecule has 1 aromatic heterocycles. The highest BCUT2D eigenvalue weighted by atomic mass is 35.5. The number of nitrogens with zero attached hydrogens (tertiary/aromatic N) is 5. The summed E-state index contributed by atoms with van der Waals surface area (Å²) in [5.41, 5.74) is 4.47. The molecule has 3 aliphatic heterocycles. The van der Waals surface area contributed by atoms with Gasteiger partial charge >= 0.3 is 0 Å². The van der Waals surface area contributed by atoms with Gasteiger partial charge in [0.05, 0.1) is 31.2 Å². The Hall–Kier alpha value is -5.17. The first-order chi connectivity index (χ1) is 27.4. The van der Waals surface area contributed by atoms with Crippen molar-refractivity contribution in [3.8, 4) is 5.75 Å². The van der Waals surface area contributed by atoms with Gasteiger partial charge in [0.15, 0.2) is 5.82 Å². The summed E-state index contributed by atoms with van der Waals surface area (Å²) in [6, 6.07) is 21.1. The number of carbonyl (C=O) groups is 3. The highest BCUT2D eigenvalue weighted by Gasteiger charge is 2.28. The molecule has 57 heavy (non-hydrogen) atoms. The Bertz CT molecular complexity index is 2150. The third kappa shape index (κ3) is 9.87. The lowest BCUT2D eigenvalue weighted by Crippen LogP contribution is -2.51. The number of para-hydroxylation sites is 1. The monoisotopic (exact) mass is 813 g/mol. The number of hydrogen-bond acceptors (Lipinski definition) is 12. The number of likely N-dealkylation sites (tertiary alicyclic amines) is 1. The molecule has 3 aliphatic rings. The molecule has 3 saturated heterocycles. The summed E-state index contributed by atoms with van der Waals surface area (Å²) in [5.74, 6) is 1.39. The summed E-state index contributed by atoms with van der Waals surface area (Å²) in [7, 11) is -0.941. The molecule has 4 heterocycles. The summed E-state index contributed by atoms with van der Waals surface area (Å²) >= 11 is 6.46. The van der Waals surface area contributed by atoms with Crippen molar-refractivity contribution in [3.63, 3.8) is 0 Å². The summed E-state index contributed by atoms with van der Waals surface area (Å²) in [5, 5.41) is 13.1. The minimum atomic E-state index is -2.56. The first kappa shape index (κ1) is 40.0. The summed E-state index contributed by atoms with van der Waals surface area (Å²) in [6.45, 7) is 8.28. The van der Waals surface area contributed by atoms with Crippen LogP contribution < -0.4 is 36.2 Å². The Morgan fingerprint density at radius 1 is 0.930 bits per heavy atom. The zero-order valence-corrected chi connectivity index (χ0v) is 34.1. The standard InChI is InChI=1S/C41H49ClN9O5P/c1-56-35-24-30(12-13-32(35)46-41-43-25-31(42)39(48-41)45-33-6-4-5-7-36(33)57(2,3)55)50-20-22-51(23-21-50)38(53)26-49-18-16-28(17-19-49)27-8-10-29(11-9-27)44-34-14-15-37(52)47-40(34)54/h4-13,24-25,28,34,44H,14-23,26H2,1-3H3,(H,47,52,54)(H2,43,45,46,48). The lowest BCUT2D eigenvalue weighted by atomic mass is 9.89. The van der Waals surface area contributed by atoms with Crippen LogP contribution >= 0.6 is 18.7 Å². The van der Waals surface area contributed by atoms with Crippen LogP contribution in [0.3, 0.4) is 0 Å². The summed E-state index contributed by atoms with van der Waals surface area (Å²) in [4.78, 5) is 52.4. The average Bonchev–Trinajstić information content (AvgIpc) is 3.21. The summed E-state index contributed by atoms with van der Waals surface area (Å²) in [6.07, 6.45) is 4.30. The van der Waals surface area contributed by atoms with Crippen molar-refractivity contribution in [2.45, 2.75) is 37.6 Å².